The van der Waals surface area contributed by atoms with E-state index in [9.17, 15) is 9.59 Å². The number of nitrogens with zero attached hydrogens (tertiary/aromatic N) is 1. The molecule has 0 spiro atoms. The molecule has 6 nitrogen and oxygen atoms in total. The van der Waals surface area contributed by atoms with Crippen LogP contribution in [0.1, 0.15) is 20.7 Å². The van der Waals surface area contributed by atoms with Crippen LogP contribution < -0.4 is 9.47 Å². The average molecular weight is 287 g/mol. The summed E-state index contributed by atoms with van der Waals surface area (Å²) in [6, 6.07) is 7.62. The van der Waals surface area contributed by atoms with Crippen molar-refractivity contribution in [3.8, 4) is 11.5 Å². The van der Waals surface area contributed by atoms with Crippen LogP contribution in [0.25, 0.3) is 0 Å². The molecule has 6 heteroatoms. The molecule has 2 aromatic rings. The predicted octanol–water partition coefficient (Wildman–Crippen LogP) is 2.10. The molecule has 0 amide bonds. The Hall–Kier alpha value is -2.89. The van der Waals surface area contributed by atoms with E-state index in [2.05, 4.69) is 9.72 Å². The average Bonchev–Trinajstić information content (AvgIpc) is 2.55. The fraction of sp³-hybridized carbons (Fsp3) is 0.133. The van der Waals surface area contributed by atoms with Crippen molar-refractivity contribution in [2.24, 2.45) is 0 Å². The van der Waals surface area contributed by atoms with E-state index in [1.165, 1.54) is 38.6 Å². The van der Waals surface area contributed by atoms with Crippen LogP contribution in [0.5, 0.6) is 11.5 Å². The lowest BCUT2D eigenvalue weighted by Crippen LogP contribution is -2.10. The van der Waals surface area contributed by atoms with Crippen molar-refractivity contribution in [1.82, 2.24) is 4.98 Å². The molecule has 0 unspecified atom stereocenters. The summed E-state index contributed by atoms with van der Waals surface area (Å²) >= 11 is 0. The topological polar surface area (TPSA) is 74.7 Å². The number of ether oxygens (including phenoxy) is 3. The molecule has 0 aliphatic heterocycles. The minimum atomic E-state index is -0.563. The molecule has 0 atom stereocenters. The van der Waals surface area contributed by atoms with Gasteiger partial charge in [0.15, 0.2) is 11.5 Å². The van der Waals surface area contributed by atoms with Crippen molar-refractivity contribution in [1.29, 1.82) is 0 Å². The van der Waals surface area contributed by atoms with Crippen LogP contribution in [0, 0.1) is 0 Å². The maximum Gasteiger partial charge on any atom is 0.345 e. The Balaban J connectivity index is 2.24. The summed E-state index contributed by atoms with van der Waals surface area (Å²) in [7, 11) is 2.70. The summed E-state index contributed by atoms with van der Waals surface area (Å²) in [5, 5.41) is 0. The van der Waals surface area contributed by atoms with Crippen molar-refractivity contribution < 1.29 is 23.8 Å². The minimum Gasteiger partial charge on any atom is -0.493 e. The summed E-state index contributed by atoms with van der Waals surface area (Å²) in [6.45, 7) is 0. The second-order valence-corrected chi connectivity index (χ2v) is 3.99. The van der Waals surface area contributed by atoms with Crippen LogP contribution in [0.3, 0.4) is 0 Å². The van der Waals surface area contributed by atoms with Gasteiger partial charge in [0, 0.05) is 12.4 Å². The van der Waals surface area contributed by atoms with Crippen LogP contribution >= 0.6 is 0 Å². The summed E-state index contributed by atoms with van der Waals surface area (Å²) in [4.78, 5) is 27.2. The third-order valence-corrected chi connectivity index (χ3v) is 2.68. The van der Waals surface area contributed by atoms with E-state index in [1.807, 2.05) is 0 Å². The van der Waals surface area contributed by atoms with Gasteiger partial charge in [0.1, 0.15) is 0 Å². The molecule has 0 radical (unpaired) electrons. The summed E-state index contributed by atoms with van der Waals surface area (Å²) < 4.78 is 15.0. The van der Waals surface area contributed by atoms with Crippen LogP contribution in [-0.2, 0) is 4.74 Å². The summed E-state index contributed by atoms with van der Waals surface area (Å²) in [5.41, 5.74) is 0.618. The maximum atomic E-state index is 11.9. The molecule has 1 heterocycles. The standard InChI is InChI=1S/C15H13NO5/c1-19-13-8-10(14(17)20-2)5-6-12(13)21-15(18)11-4-3-7-16-9-11/h3-9H,1-2H3. The number of benzene rings is 1. The Morgan fingerprint density at radius 1 is 1.00 bits per heavy atom. The quantitative estimate of drug-likeness (QED) is 0.633. The van der Waals surface area contributed by atoms with E-state index in [0.717, 1.165) is 0 Å². The number of esters is 2. The first-order valence-electron chi connectivity index (χ1n) is 6.04. The van der Waals surface area contributed by atoms with E-state index in [0.29, 0.717) is 11.1 Å². The summed E-state index contributed by atoms with van der Waals surface area (Å²) in [6.07, 6.45) is 2.96. The highest BCUT2D eigenvalue weighted by Crippen LogP contribution is 2.29. The van der Waals surface area contributed by atoms with Gasteiger partial charge in [0.2, 0.25) is 0 Å². The molecule has 0 bridgehead atoms. The fourth-order valence-electron chi connectivity index (χ4n) is 1.64. The Kier molecular flexibility index (Phi) is 4.50. The SMILES string of the molecule is COC(=O)c1ccc(OC(=O)c2cccnc2)c(OC)c1. The minimum absolute atomic E-state index is 0.207. The molecule has 0 aliphatic carbocycles. The highest BCUT2D eigenvalue weighted by Gasteiger charge is 2.15. The molecule has 0 saturated carbocycles. The van der Waals surface area contributed by atoms with Crippen molar-refractivity contribution in [3.63, 3.8) is 0 Å². The molecular weight excluding hydrogens is 274 g/mol. The normalized spacial score (nSPS) is 9.81. The molecule has 0 aliphatic rings. The van der Waals surface area contributed by atoms with Crippen molar-refractivity contribution >= 4 is 11.9 Å². The molecule has 1 aromatic heterocycles. The number of carbonyl (C=O) groups is 2. The zero-order valence-corrected chi connectivity index (χ0v) is 11.5. The predicted molar refractivity (Wildman–Crippen MR) is 73.5 cm³/mol. The second-order valence-electron chi connectivity index (χ2n) is 3.99. The first-order chi connectivity index (χ1) is 10.2. The number of rotatable bonds is 4. The second kappa shape index (κ2) is 6.51. The molecule has 21 heavy (non-hydrogen) atoms. The van der Waals surface area contributed by atoms with Crippen LogP contribution in [0.4, 0.5) is 0 Å². The number of hydrogen-bond donors (Lipinski definition) is 0. The van der Waals surface area contributed by atoms with Crippen LogP contribution in [0.2, 0.25) is 0 Å². The molecule has 0 saturated heterocycles. The number of pyridine rings is 1. The maximum absolute atomic E-state index is 11.9. The number of aromatic nitrogens is 1. The summed E-state index contributed by atoms with van der Waals surface area (Å²) in [5.74, 6) is -0.597. The van der Waals surface area contributed by atoms with E-state index in [1.54, 1.807) is 18.3 Å². The van der Waals surface area contributed by atoms with Gasteiger partial charge in [-0.1, -0.05) is 0 Å². The molecule has 108 valence electrons. The highest BCUT2D eigenvalue weighted by molar-refractivity contribution is 5.92. The van der Waals surface area contributed by atoms with Gasteiger partial charge in [0.25, 0.3) is 0 Å². The van der Waals surface area contributed by atoms with Gasteiger partial charge < -0.3 is 14.2 Å². The lowest BCUT2D eigenvalue weighted by molar-refractivity contribution is 0.0600. The Bertz CT molecular complexity index is 654. The van der Waals surface area contributed by atoms with Gasteiger partial charge in [-0.25, -0.2) is 9.59 Å². The molecule has 1 aromatic carbocycles. The van der Waals surface area contributed by atoms with Crippen molar-refractivity contribution in [3.05, 3.63) is 53.9 Å². The van der Waals surface area contributed by atoms with E-state index < -0.39 is 11.9 Å². The lowest BCUT2D eigenvalue weighted by Gasteiger charge is -2.10. The van der Waals surface area contributed by atoms with Crippen LogP contribution in [-0.4, -0.2) is 31.1 Å². The Morgan fingerprint density at radius 3 is 2.43 bits per heavy atom. The first-order valence-corrected chi connectivity index (χ1v) is 6.04. The van der Waals surface area contributed by atoms with Gasteiger partial charge >= 0.3 is 11.9 Å². The third-order valence-electron chi connectivity index (χ3n) is 2.68. The van der Waals surface area contributed by atoms with Gasteiger partial charge in [-0.3, -0.25) is 4.98 Å². The van der Waals surface area contributed by atoms with Gasteiger partial charge in [-0.2, -0.15) is 0 Å². The van der Waals surface area contributed by atoms with E-state index >= 15 is 0 Å². The molecule has 0 N–H and O–H groups in total. The fourth-order valence-corrected chi connectivity index (χ4v) is 1.64. The lowest BCUT2D eigenvalue weighted by atomic mass is 10.2. The van der Waals surface area contributed by atoms with Gasteiger partial charge in [-0.15, -0.1) is 0 Å². The Morgan fingerprint density at radius 2 is 1.81 bits per heavy atom. The van der Waals surface area contributed by atoms with Crippen molar-refractivity contribution in [2.75, 3.05) is 14.2 Å². The van der Waals surface area contributed by atoms with Crippen molar-refractivity contribution in [2.45, 2.75) is 0 Å². The van der Waals surface area contributed by atoms with Gasteiger partial charge in [0.05, 0.1) is 25.3 Å². The molecular formula is C15H13NO5. The Labute approximate surface area is 121 Å². The molecule has 0 fully saturated rings. The van der Waals surface area contributed by atoms with E-state index in [4.69, 9.17) is 9.47 Å². The number of carbonyl (C=O) groups excluding carboxylic acids is 2. The van der Waals surface area contributed by atoms with Crippen LogP contribution in [0.15, 0.2) is 42.7 Å². The van der Waals surface area contributed by atoms with Gasteiger partial charge in [-0.05, 0) is 30.3 Å². The smallest absolute Gasteiger partial charge is 0.345 e. The number of hydrogen-bond acceptors (Lipinski definition) is 6. The third kappa shape index (κ3) is 3.36. The molecule has 2 rings (SSSR count). The highest BCUT2D eigenvalue weighted by atomic mass is 16.6. The number of methoxy groups -OCH3 is 2. The zero-order chi connectivity index (χ0) is 15.2. The zero-order valence-electron chi connectivity index (χ0n) is 11.5. The largest absolute Gasteiger partial charge is 0.493 e. The first kappa shape index (κ1) is 14.5. The van der Waals surface area contributed by atoms with E-state index in [-0.39, 0.29) is 11.5 Å². The monoisotopic (exact) mass is 287 g/mol.